The zero-order valence-corrected chi connectivity index (χ0v) is 11.0. The molecular formula is C16H22N2. The van der Waals surface area contributed by atoms with Gasteiger partial charge in [0.15, 0.2) is 0 Å². The van der Waals surface area contributed by atoms with Crippen LogP contribution in [-0.4, -0.2) is 31.1 Å². The largest absolute Gasteiger partial charge is 0.313 e. The number of hydrogen-bond donors (Lipinski definition) is 1. The predicted octanol–water partition coefficient (Wildman–Crippen LogP) is 2.66. The van der Waals surface area contributed by atoms with Crippen molar-refractivity contribution in [2.24, 2.45) is 0 Å². The first-order chi connectivity index (χ1) is 8.92. The fourth-order valence-electron chi connectivity index (χ4n) is 2.95. The zero-order chi connectivity index (χ0) is 12.2. The third-order valence-electron chi connectivity index (χ3n) is 3.97. The van der Waals surface area contributed by atoms with Crippen molar-refractivity contribution in [3.05, 3.63) is 41.5 Å². The number of nitrogens with zero attached hydrogens (tertiary/aromatic N) is 1. The van der Waals surface area contributed by atoms with Gasteiger partial charge in [-0.3, -0.25) is 4.90 Å². The molecule has 0 radical (unpaired) electrons. The number of likely N-dealkylation sites (tertiary alicyclic amines) is 1. The van der Waals surface area contributed by atoms with E-state index in [0.29, 0.717) is 0 Å². The summed E-state index contributed by atoms with van der Waals surface area (Å²) in [6, 6.07) is 9.12. The van der Waals surface area contributed by atoms with Crippen molar-refractivity contribution in [1.82, 2.24) is 10.2 Å². The van der Waals surface area contributed by atoms with Crippen molar-refractivity contribution in [1.29, 1.82) is 0 Å². The Kier molecular flexibility index (Phi) is 3.77. The van der Waals surface area contributed by atoms with Gasteiger partial charge in [0.2, 0.25) is 0 Å². The zero-order valence-electron chi connectivity index (χ0n) is 11.0. The third-order valence-corrected chi connectivity index (χ3v) is 3.97. The fourth-order valence-corrected chi connectivity index (χ4v) is 2.95. The summed E-state index contributed by atoms with van der Waals surface area (Å²) >= 11 is 0. The molecule has 0 bridgehead atoms. The Labute approximate surface area is 110 Å². The van der Waals surface area contributed by atoms with Crippen LogP contribution in [0.4, 0.5) is 0 Å². The molecule has 96 valence electrons. The summed E-state index contributed by atoms with van der Waals surface area (Å²) in [5, 5.41) is 3.37. The second-order valence-corrected chi connectivity index (χ2v) is 5.37. The molecule has 1 aromatic rings. The Morgan fingerprint density at radius 3 is 2.83 bits per heavy atom. The van der Waals surface area contributed by atoms with E-state index in [2.05, 4.69) is 40.6 Å². The predicted molar refractivity (Wildman–Crippen MR) is 76.4 cm³/mol. The van der Waals surface area contributed by atoms with Crippen LogP contribution in [0.25, 0.3) is 5.57 Å². The summed E-state index contributed by atoms with van der Waals surface area (Å²) in [4.78, 5) is 2.57. The van der Waals surface area contributed by atoms with Crippen LogP contribution in [0, 0.1) is 0 Å². The smallest absolute Gasteiger partial charge is 0.0233 e. The molecule has 0 spiro atoms. The maximum Gasteiger partial charge on any atom is 0.0233 e. The van der Waals surface area contributed by atoms with Crippen LogP contribution in [-0.2, 0) is 6.54 Å². The fraction of sp³-hybridized carbons (Fsp3) is 0.500. The van der Waals surface area contributed by atoms with Crippen LogP contribution >= 0.6 is 0 Å². The van der Waals surface area contributed by atoms with Crippen LogP contribution in [0.15, 0.2) is 30.3 Å². The quantitative estimate of drug-likeness (QED) is 0.876. The summed E-state index contributed by atoms with van der Waals surface area (Å²) in [5.41, 5.74) is 4.40. The Morgan fingerprint density at radius 2 is 2.06 bits per heavy atom. The van der Waals surface area contributed by atoms with Gasteiger partial charge in [0.05, 0.1) is 0 Å². The number of hydrogen-bond acceptors (Lipinski definition) is 2. The first-order valence-electron chi connectivity index (χ1n) is 7.13. The molecule has 1 aromatic carbocycles. The van der Waals surface area contributed by atoms with E-state index in [4.69, 9.17) is 0 Å². The highest BCUT2D eigenvalue weighted by atomic mass is 15.1. The van der Waals surface area contributed by atoms with E-state index in [1.54, 1.807) is 0 Å². The highest BCUT2D eigenvalue weighted by Gasteiger charge is 2.12. The Balaban J connectivity index is 1.73. The van der Waals surface area contributed by atoms with Gasteiger partial charge in [-0.15, -0.1) is 0 Å². The maximum atomic E-state index is 3.37. The topological polar surface area (TPSA) is 15.3 Å². The molecule has 2 aliphatic rings. The van der Waals surface area contributed by atoms with Crippen molar-refractivity contribution in [2.75, 3.05) is 26.2 Å². The van der Waals surface area contributed by atoms with E-state index in [-0.39, 0.29) is 0 Å². The van der Waals surface area contributed by atoms with Gasteiger partial charge >= 0.3 is 0 Å². The minimum Gasteiger partial charge on any atom is -0.313 e. The molecule has 1 fully saturated rings. The second-order valence-electron chi connectivity index (χ2n) is 5.37. The average Bonchev–Trinajstić information content (AvgIpc) is 2.93. The van der Waals surface area contributed by atoms with Crippen LogP contribution in [0.5, 0.6) is 0 Å². The molecular weight excluding hydrogens is 220 g/mol. The van der Waals surface area contributed by atoms with E-state index in [1.807, 2.05) is 0 Å². The van der Waals surface area contributed by atoms with Gasteiger partial charge in [-0.25, -0.2) is 0 Å². The lowest BCUT2D eigenvalue weighted by Crippen LogP contribution is -2.20. The molecule has 0 aromatic heterocycles. The molecule has 0 atom stereocenters. The van der Waals surface area contributed by atoms with Gasteiger partial charge in [-0.1, -0.05) is 30.3 Å². The number of benzene rings is 1. The van der Waals surface area contributed by atoms with Crippen LogP contribution in [0.3, 0.4) is 0 Å². The molecule has 18 heavy (non-hydrogen) atoms. The molecule has 0 aliphatic carbocycles. The molecule has 2 aliphatic heterocycles. The Morgan fingerprint density at radius 1 is 1.17 bits per heavy atom. The van der Waals surface area contributed by atoms with Gasteiger partial charge in [-0.05, 0) is 55.6 Å². The lowest BCUT2D eigenvalue weighted by atomic mass is 9.98. The third kappa shape index (κ3) is 2.82. The van der Waals surface area contributed by atoms with E-state index >= 15 is 0 Å². The average molecular weight is 242 g/mol. The van der Waals surface area contributed by atoms with E-state index < -0.39 is 0 Å². The molecule has 0 saturated carbocycles. The molecule has 2 nitrogen and oxygen atoms in total. The molecule has 3 rings (SSSR count). The Hall–Kier alpha value is -1.12. The van der Waals surface area contributed by atoms with Crippen LogP contribution in [0.1, 0.15) is 30.4 Å². The molecule has 2 heteroatoms. The van der Waals surface area contributed by atoms with Gasteiger partial charge in [-0.2, -0.15) is 0 Å². The van der Waals surface area contributed by atoms with Gasteiger partial charge in [0, 0.05) is 13.1 Å². The molecule has 2 heterocycles. The summed E-state index contributed by atoms with van der Waals surface area (Å²) in [5.74, 6) is 0. The minimum absolute atomic E-state index is 1.02. The molecule has 0 amide bonds. The highest BCUT2D eigenvalue weighted by molar-refractivity contribution is 5.67. The minimum atomic E-state index is 1.02. The van der Waals surface area contributed by atoms with Crippen molar-refractivity contribution < 1.29 is 0 Å². The summed E-state index contributed by atoms with van der Waals surface area (Å²) in [6.07, 6.45) is 6.23. The van der Waals surface area contributed by atoms with Gasteiger partial charge in [0.1, 0.15) is 0 Å². The normalized spacial score (nSPS) is 21.0. The summed E-state index contributed by atoms with van der Waals surface area (Å²) in [7, 11) is 0. The first-order valence-corrected chi connectivity index (χ1v) is 7.13. The van der Waals surface area contributed by atoms with Crippen LogP contribution in [0.2, 0.25) is 0 Å². The molecule has 1 saturated heterocycles. The summed E-state index contributed by atoms with van der Waals surface area (Å²) < 4.78 is 0. The maximum absolute atomic E-state index is 3.37. The van der Waals surface area contributed by atoms with Crippen molar-refractivity contribution in [2.45, 2.75) is 25.8 Å². The highest BCUT2D eigenvalue weighted by Crippen LogP contribution is 2.22. The molecule has 1 N–H and O–H groups in total. The SMILES string of the molecule is C1=C(c2cccc(CN3CCCC3)c2)CCNC1. The van der Waals surface area contributed by atoms with Crippen molar-refractivity contribution in [3.63, 3.8) is 0 Å². The van der Waals surface area contributed by atoms with Gasteiger partial charge in [0.25, 0.3) is 0 Å². The molecule has 0 unspecified atom stereocenters. The lowest BCUT2D eigenvalue weighted by molar-refractivity contribution is 0.331. The summed E-state index contributed by atoms with van der Waals surface area (Å²) in [6.45, 7) is 5.81. The monoisotopic (exact) mass is 242 g/mol. The van der Waals surface area contributed by atoms with E-state index in [0.717, 1.165) is 26.1 Å². The Bertz CT molecular complexity index is 430. The number of rotatable bonds is 3. The van der Waals surface area contributed by atoms with Crippen molar-refractivity contribution >= 4 is 5.57 Å². The van der Waals surface area contributed by atoms with E-state index in [1.165, 1.54) is 42.6 Å². The van der Waals surface area contributed by atoms with Gasteiger partial charge < -0.3 is 5.32 Å². The number of nitrogens with one attached hydrogen (secondary N) is 1. The van der Waals surface area contributed by atoms with Crippen molar-refractivity contribution in [3.8, 4) is 0 Å². The van der Waals surface area contributed by atoms with Crippen LogP contribution < -0.4 is 5.32 Å². The second kappa shape index (κ2) is 5.68. The van der Waals surface area contributed by atoms with E-state index in [9.17, 15) is 0 Å². The first kappa shape index (κ1) is 11.9. The standard InChI is InChI=1S/C16H22N2/c1-2-11-18(10-1)13-14-4-3-5-16(12-14)15-6-8-17-9-7-15/h3-6,12,17H,1-2,7-11,13H2. The lowest BCUT2D eigenvalue weighted by Gasteiger charge is -2.17.